The largest absolute Gasteiger partial charge is 0.416 e. The van der Waals surface area contributed by atoms with Crippen LogP contribution in [0.3, 0.4) is 0 Å². The third-order valence-electron chi connectivity index (χ3n) is 4.88. The molecule has 0 fully saturated rings. The summed E-state index contributed by atoms with van der Waals surface area (Å²) >= 11 is 0. The maximum Gasteiger partial charge on any atom is 0.416 e. The van der Waals surface area contributed by atoms with Gasteiger partial charge in [-0.25, -0.2) is 0 Å². The highest BCUT2D eigenvalue weighted by molar-refractivity contribution is 6.08. The van der Waals surface area contributed by atoms with Gasteiger partial charge in [0.05, 0.1) is 5.56 Å². The van der Waals surface area contributed by atoms with Crippen molar-refractivity contribution in [2.24, 2.45) is 5.73 Å². The van der Waals surface area contributed by atoms with E-state index < -0.39 is 11.7 Å². The normalized spacial score (nSPS) is 14.3. The molecule has 31 heavy (non-hydrogen) atoms. The Bertz CT molecular complexity index is 1010. The standard InChI is InChI=1S/C23H23F3N4O/c24-23(25,26)19-6-4-16(5-7-19)17-3-1-12-30(22(31)14-17)20-8-9-21(18(13-20)15-28)29-11-2-10-27/h1,4-9,12-15,28-29H,2-3,10-11,27H2. The van der Waals surface area contributed by atoms with Crippen molar-refractivity contribution in [2.45, 2.75) is 19.0 Å². The third-order valence-corrected chi connectivity index (χ3v) is 4.88. The molecule has 0 spiro atoms. The molecule has 1 aliphatic rings. The quantitative estimate of drug-likeness (QED) is 0.438. The summed E-state index contributed by atoms with van der Waals surface area (Å²) in [7, 11) is 0. The summed E-state index contributed by atoms with van der Waals surface area (Å²) in [6, 6.07) is 10.1. The van der Waals surface area contributed by atoms with Gasteiger partial charge in [0.25, 0.3) is 5.91 Å². The topological polar surface area (TPSA) is 82.2 Å². The van der Waals surface area contributed by atoms with Crippen molar-refractivity contribution >= 4 is 29.1 Å². The predicted molar refractivity (Wildman–Crippen MR) is 117 cm³/mol. The molecule has 0 atom stereocenters. The molecule has 0 saturated heterocycles. The molecule has 0 aliphatic carbocycles. The molecule has 1 aliphatic heterocycles. The number of nitrogens with one attached hydrogen (secondary N) is 2. The van der Waals surface area contributed by atoms with Gasteiger partial charge in [0.15, 0.2) is 0 Å². The second-order valence-corrected chi connectivity index (χ2v) is 7.03. The first-order valence-corrected chi connectivity index (χ1v) is 9.80. The fraction of sp³-hybridized carbons (Fsp3) is 0.217. The van der Waals surface area contributed by atoms with Gasteiger partial charge in [-0.15, -0.1) is 0 Å². The van der Waals surface area contributed by atoms with Crippen LogP contribution >= 0.6 is 0 Å². The van der Waals surface area contributed by atoms with Gasteiger partial charge >= 0.3 is 6.18 Å². The number of allylic oxidation sites excluding steroid dienone is 2. The van der Waals surface area contributed by atoms with Crippen molar-refractivity contribution in [3.05, 3.63) is 77.5 Å². The maximum absolute atomic E-state index is 12.9. The van der Waals surface area contributed by atoms with Gasteiger partial charge in [0.2, 0.25) is 0 Å². The van der Waals surface area contributed by atoms with Crippen LogP contribution in [0.4, 0.5) is 24.5 Å². The van der Waals surface area contributed by atoms with Gasteiger partial charge in [-0.1, -0.05) is 18.2 Å². The van der Waals surface area contributed by atoms with E-state index in [9.17, 15) is 18.0 Å². The molecule has 8 heteroatoms. The van der Waals surface area contributed by atoms with Crippen molar-refractivity contribution in [1.82, 2.24) is 0 Å². The highest BCUT2D eigenvalue weighted by Crippen LogP contribution is 2.31. The van der Waals surface area contributed by atoms with Crippen LogP contribution in [0.2, 0.25) is 0 Å². The van der Waals surface area contributed by atoms with Crippen molar-refractivity contribution < 1.29 is 18.0 Å². The highest BCUT2D eigenvalue weighted by atomic mass is 19.4. The Hall–Kier alpha value is -3.39. The molecule has 2 aromatic rings. The Morgan fingerprint density at radius 3 is 2.55 bits per heavy atom. The Labute approximate surface area is 178 Å². The predicted octanol–water partition coefficient (Wildman–Crippen LogP) is 4.80. The molecule has 0 bridgehead atoms. The first-order chi connectivity index (χ1) is 14.8. The minimum atomic E-state index is -4.40. The molecule has 0 radical (unpaired) electrons. The molecule has 4 N–H and O–H groups in total. The fourth-order valence-electron chi connectivity index (χ4n) is 3.23. The molecule has 0 unspecified atom stereocenters. The van der Waals surface area contributed by atoms with Crippen molar-refractivity contribution in [1.29, 1.82) is 5.41 Å². The summed E-state index contributed by atoms with van der Waals surface area (Å²) in [5.74, 6) is -0.316. The number of benzene rings is 2. The first kappa shape index (κ1) is 22.3. The van der Waals surface area contributed by atoms with Crippen LogP contribution in [0.25, 0.3) is 5.57 Å². The third kappa shape index (κ3) is 5.40. The van der Waals surface area contributed by atoms with Crippen LogP contribution in [-0.2, 0) is 11.0 Å². The van der Waals surface area contributed by atoms with Gasteiger partial charge in [0, 0.05) is 42.0 Å². The zero-order chi connectivity index (χ0) is 22.4. The van der Waals surface area contributed by atoms with Crippen molar-refractivity contribution in [3.63, 3.8) is 0 Å². The van der Waals surface area contributed by atoms with Crippen LogP contribution in [0, 0.1) is 5.41 Å². The summed E-state index contributed by atoms with van der Waals surface area (Å²) in [6.07, 6.45) is 2.87. The maximum atomic E-state index is 12.9. The van der Waals surface area contributed by atoms with Crippen LogP contribution in [0.5, 0.6) is 0 Å². The molecule has 1 amide bonds. The van der Waals surface area contributed by atoms with Gasteiger partial charge in [-0.2, -0.15) is 13.2 Å². The van der Waals surface area contributed by atoms with Crippen LogP contribution < -0.4 is 16.0 Å². The van der Waals surface area contributed by atoms with E-state index in [1.165, 1.54) is 29.3 Å². The molecule has 5 nitrogen and oxygen atoms in total. The number of rotatable bonds is 7. The zero-order valence-corrected chi connectivity index (χ0v) is 16.7. The Kier molecular flexibility index (Phi) is 6.91. The minimum absolute atomic E-state index is 0.316. The highest BCUT2D eigenvalue weighted by Gasteiger charge is 2.30. The van der Waals surface area contributed by atoms with E-state index >= 15 is 0 Å². The Morgan fingerprint density at radius 2 is 1.90 bits per heavy atom. The SMILES string of the molecule is N=Cc1cc(N2C=CCC(c3ccc(C(F)(F)F)cc3)=CC2=O)ccc1NCCCN. The second-order valence-electron chi connectivity index (χ2n) is 7.03. The molecule has 3 rings (SSSR count). The fourth-order valence-corrected chi connectivity index (χ4v) is 3.23. The number of carbonyl (C=O) groups is 1. The average Bonchev–Trinajstić information content (AvgIpc) is 2.95. The number of hydrogen-bond donors (Lipinski definition) is 3. The molecular weight excluding hydrogens is 405 g/mol. The van der Waals surface area contributed by atoms with E-state index in [1.807, 2.05) is 0 Å². The van der Waals surface area contributed by atoms with E-state index in [-0.39, 0.29) is 5.91 Å². The lowest BCUT2D eigenvalue weighted by Gasteiger charge is -2.18. The molecule has 0 aromatic heterocycles. The molecular formula is C23H23F3N4O. The van der Waals surface area contributed by atoms with Crippen molar-refractivity contribution in [3.8, 4) is 0 Å². The lowest BCUT2D eigenvalue weighted by molar-refractivity contribution is -0.137. The van der Waals surface area contributed by atoms with Gasteiger partial charge in [-0.3, -0.25) is 9.69 Å². The zero-order valence-electron chi connectivity index (χ0n) is 16.7. The molecule has 0 saturated carbocycles. The van der Waals surface area contributed by atoms with Crippen LogP contribution in [0.15, 0.2) is 60.8 Å². The molecule has 162 valence electrons. The molecule has 2 aromatic carbocycles. The van der Waals surface area contributed by atoms with E-state index in [2.05, 4.69) is 5.32 Å². The minimum Gasteiger partial charge on any atom is -0.384 e. The monoisotopic (exact) mass is 428 g/mol. The Balaban J connectivity index is 1.83. The first-order valence-electron chi connectivity index (χ1n) is 9.80. The second kappa shape index (κ2) is 9.61. The summed E-state index contributed by atoms with van der Waals surface area (Å²) in [6.45, 7) is 1.24. The number of alkyl halides is 3. The van der Waals surface area contributed by atoms with Crippen molar-refractivity contribution in [2.75, 3.05) is 23.3 Å². The lowest BCUT2D eigenvalue weighted by Crippen LogP contribution is -2.22. The number of anilines is 2. The van der Waals surface area contributed by atoms with Crippen LogP contribution in [-0.4, -0.2) is 25.2 Å². The number of nitrogens with zero attached hydrogens (tertiary/aromatic N) is 1. The summed E-state index contributed by atoms with van der Waals surface area (Å²) in [5, 5.41) is 10.9. The average molecular weight is 428 g/mol. The smallest absolute Gasteiger partial charge is 0.384 e. The molecule has 1 heterocycles. The van der Waals surface area contributed by atoms with E-state index in [4.69, 9.17) is 11.1 Å². The lowest BCUT2D eigenvalue weighted by atomic mass is 10.0. The summed E-state index contributed by atoms with van der Waals surface area (Å²) in [5.41, 5.74) is 7.97. The van der Waals surface area contributed by atoms with Crippen LogP contribution in [0.1, 0.15) is 29.5 Å². The van der Waals surface area contributed by atoms with E-state index in [1.54, 1.807) is 30.5 Å². The number of halogens is 3. The number of amides is 1. The number of hydrogen-bond acceptors (Lipinski definition) is 4. The summed E-state index contributed by atoms with van der Waals surface area (Å²) in [4.78, 5) is 14.3. The van der Waals surface area contributed by atoms with E-state index in [0.717, 1.165) is 24.2 Å². The van der Waals surface area contributed by atoms with Gasteiger partial charge < -0.3 is 16.5 Å². The Morgan fingerprint density at radius 1 is 1.16 bits per heavy atom. The number of nitrogens with two attached hydrogens (primary N) is 1. The number of carbonyl (C=O) groups excluding carboxylic acids is 1. The summed E-state index contributed by atoms with van der Waals surface area (Å²) < 4.78 is 38.4. The van der Waals surface area contributed by atoms with E-state index in [0.29, 0.717) is 41.9 Å². The van der Waals surface area contributed by atoms with Gasteiger partial charge in [-0.05, 0) is 60.9 Å². The van der Waals surface area contributed by atoms with Gasteiger partial charge in [0.1, 0.15) is 0 Å².